The van der Waals surface area contributed by atoms with Crippen LogP contribution < -0.4 is 0 Å². The monoisotopic (exact) mass is 624 g/mol. The van der Waals surface area contributed by atoms with Crippen LogP contribution in [0.1, 0.15) is 89.2 Å². The molecular weight excluding hydrogens is 585 g/mol. The maximum Gasteiger partial charge on any atom is 0.108 e. The van der Waals surface area contributed by atoms with Crippen LogP contribution in [-0.2, 0) is 23.9 Å². The van der Waals surface area contributed by atoms with Crippen molar-refractivity contribution < 1.29 is 5.11 Å². The highest BCUT2D eigenvalue weighted by molar-refractivity contribution is 8.00. The normalized spacial score (nSPS) is 18.4. The van der Waals surface area contributed by atoms with Crippen molar-refractivity contribution in [3.63, 3.8) is 0 Å². The lowest BCUT2D eigenvalue weighted by atomic mass is 9.94. The molecule has 1 atom stereocenters. The molecule has 4 heterocycles. The van der Waals surface area contributed by atoms with Crippen LogP contribution in [0.5, 0.6) is 0 Å². The van der Waals surface area contributed by atoms with Crippen molar-refractivity contribution in [1.29, 1.82) is 0 Å². The first kappa shape index (κ1) is 29.6. The first-order valence-electron chi connectivity index (χ1n) is 14.0. The van der Waals surface area contributed by atoms with Crippen molar-refractivity contribution >= 4 is 73.2 Å². The number of aromatic nitrogens is 2. The van der Waals surface area contributed by atoms with Gasteiger partial charge in [0.05, 0.1) is 16.2 Å². The molecule has 0 aromatic carbocycles. The molecule has 0 amide bonds. The van der Waals surface area contributed by atoms with E-state index in [4.69, 9.17) is 49.7 Å². The van der Waals surface area contributed by atoms with Crippen molar-refractivity contribution in [3.8, 4) is 0 Å². The van der Waals surface area contributed by atoms with Crippen LogP contribution >= 0.6 is 73.2 Å². The van der Waals surface area contributed by atoms with Gasteiger partial charge in [-0.3, -0.25) is 0 Å². The Hall–Kier alpha value is 0.1000. The summed E-state index contributed by atoms with van der Waals surface area (Å²) >= 11 is 25.2. The molecule has 9 heteroatoms. The fourth-order valence-electron chi connectivity index (χ4n) is 6.28. The fraction of sp³-hybridized carbons (Fsp3) is 0.655. The number of aliphatic hydroxyl groups excluding tert-OH is 1. The van der Waals surface area contributed by atoms with E-state index in [-0.39, 0.29) is 17.2 Å². The maximum atomic E-state index is 10.7. The first-order chi connectivity index (χ1) is 18.1. The largest absolute Gasteiger partial charge is 0.393 e. The maximum absolute atomic E-state index is 10.7. The summed E-state index contributed by atoms with van der Waals surface area (Å²) < 4.78 is 6.43. The van der Waals surface area contributed by atoms with Gasteiger partial charge in [0.15, 0.2) is 0 Å². The summed E-state index contributed by atoms with van der Waals surface area (Å²) in [5.41, 5.74) is 2.83. The highest BCUT2D eigenvalue weighted by Gasteiger charge is 2.45. The molecule has 1 saturated carbocycles. The minimum Gasteiger partial charge on any atom is -0.393 e. The zero-order chi connectivity index (χ0) is 27.1. The highest BCUT2D eigenvalue weighted by Crippen LogP contribution is 2.51. The van der Waals surface area contributed by atoms with E-state index >= 15 is 0 Å². The molecule has 1 fully saturated rings. The SMILES string of the molecule is CC(C)(CCCCC(O)CCCCC1(n2c(S)c3c(cc2=S)SCC3)CC1)n1c(S)c2c(cc1=S)SCC2. The summed E-state index contributed by atoms with van der Waals surface area (Å²) in [6.07, 6.45) is 12.6. The Bertz CT molecular complexity index is 1220. The van der Waals surface area contributed by atoms with E-state index in [0.717, 1.165) is 95.0 Å². The van der Waals surface area contributed by atoms with Gasteiger partial charge in [-0.15, -0.1) is 48.8 Å². The third-order valence-corrected chi connectivity index (χ3v) is 12.3. The van der Waals surface area contributed by atoms with Crippen molar-refractivity contribution in [2.75, 3.05) is 11.5 Å². The van der Waals surface area contributed by atoms with Crippen LogP contribution in [0.3, 0.4) is 0 Å². The van der Waals surface area contributed by atoms with Gasteiger partial charge in [-0.25, -0.2) is 0 Å². The summed E-state index contributed by atoms with van der Waals surface area (Å²) in [5.74, 6) is 2.26. The van der Waals surface area contributed by atoms with Crippen LogP contribution in [0.15, 0.2) is 32.0 Å². The summed E-state index contributed by atoms with van der Waals surface area (Å²) in [4.78, 5) is 2.64. The van der Waals surface area contributed by atoms with E-state index in [1.807, 2.05) is 23.5 Å². The average molecular weight is 625 g/mol. The first-order valence-corrected chi connectivity index (χ1v) is 17.7. The number of thioether (sulfide) groups is 2. The number of nitrogens with zero attached hydrogens (tertiary/aromatic N) is 2. The molecule has 38 heavy (non-hydrogen) atoms. The minimum atomic E-state index is -0.215. The molecule has 2 aromatic rings. The summed E-state index contributed by atoms with van der Waals surface area (Å²) in [7, 11) is 0. The van der Waals surface area contributed by atoms with Gasteiger partial charge in [0, 0.05) is 32.4 Å². The van der Waals surface area contributed by atoms with E-state index in [9.17, 15) is 5.11 Å². The van der Waals surface area contributed by atoms with Gasteiger partial charge in [-0.05, 0) is 88.5 Å². The molecule has 2 aromatic heterocycles. The molecule has 1 N–H and O–H groups in total. The van der Waals surface area contributed by atoms with Gasteiger partial charge in [-0.2, -0.15) is 0 Å². The number of hydrogen-bond donors (Lipinski definition) is 3. The van der Waals surface area contributed by atoms with Crippen molar-refractivity contribution in [3.05, 3.63) is 32.5 Å². The quantitative estimate of drug-likeness (QED) is 0.125. The molecule has 0 bridgehead atoms. The summed E-state index contributed by atoms with van der Waals surface area (Å²) in [5, 5.41) is 12.8. The highest BCUT2D eigenvalue weighted by atomic mass is 32.2. The molecule has 0 saturated heterocycles. The van der Waals surface area contributed by atoms with Gasteiger partial charge in [-0.1, -0.05) is 50.1 Å². The zero-order valence-corrected chi connectivity index (χ0v) is 27.6. The predicted molar refractivity (Wildman–Crippen MR) is 173 cm³/mol. The molecule has 0 spiro atoms. The van der Waals surface area contributed by atoms with Gasteiger partial charge in [0.2, 0.25) is 0 Å². The van der Waals surface area contributed by atoms with Gasteiger partial charge in [0.25, 0.3) is 0 Å². The Labute approximate surface area is 257 Å². The van der Waals surface area contributed by atoms with Gasteiger partial charge >= 0.3 is 0 Å². The number of thiol groups is 2. The second-order valence-electron chi connectivity index (χ2n) is 11.8. The Morgan fingerprint density at radius 2 is 1.50 bits per heavy atom. The molecule has 208 valence electrons. The van der Waals surface area contributed by atoms with Crippen LogP contribution in [0.25, 0.3) is 0 Å². The number of pyridine rings is 2. The lowest BCUT2D eigenvalue weighted by Crippen LogP contribution is -2.29. The number of unbranched alkanes of at least 4 members (excludes halogenated alkanes) is 2. The number of aliphatic hydroxyl groups is 1. The van der Waals surface area contributed by atoms with E-state index in [2.05, 4.69) is 35.1 Å². The Morgan fingerprint density at radius 3 is 2.13 bits per heavy atom. The Kier molecular flexibility index (Phi) is 9.45. The lowest BCUT2D eigenvalue weighted by Gasteiger charge is -2.31. The van der Waals surface area contributed by atoms with Crippen molar-refractivity contribution in [2.24, 2.45) is 0 Å². The van der Waals surface area contributed by atoms with Crippen LogP contribution in [0.4, 0.5) is 0 Å². The van der Waals surface area contributed by atoms with E-state index < -0.39 is 0 Å². The summed E-state index contributed by atoms with van der Waals surface area (Å²) in [6.45, 7) is 4.53. The second-order valence-corrected chi connectivity index (χ2v) is 15.8. The lowest BCUT2D eigenvalue weighted by molar-refractivity contribution is 0.144. The standard InChI is InChI=1S/C29H40N2OS6/c1-28(2,30-24(33)17-22-20(26(30)35)9-15-37-22)11-5-3-7-19(32)8-4-6-12-29(13-14-29)31-25(34)18-23-21(27(31)36)10-16-38-23/h17-19,32,35-36H,3-16H2,1-2H3. The third-order valence-electron chi connectivity index (χ3n) is 8.64. The van der Waals surface area contributed by atoms with E-state index in [0.29, 0.717) is 0 Å². The van der Waals surface area contributed by atoms with Gasteiger partial charge < -0.3 is 14.2 Å². The Morgan fingerprint density at radius 1 is 0.921 bits per heavy atom. The smallest absolute Gasteiger partial charge is 0.108 e. The van der Waals surface area contributed by atoms with Crippen LogP contribution in [-0.4, -0.2) is 31.9 Å². The molecule has 2 aliphatic heterocycles. The van der Waals surface area contributed by atoms with E-state index in [1.165, 1.54) is 33.8 Å². The molecule has 1 aliphatic carbocycles. The van der Waals surface area contributed by atoms with E-state index in [1.54, 1.807) is 0 Å². The molecule has 5 rings (SSSR count). The zero-order valence-electron chi connectivity index (χ0n) is 22.5. The van der Waals surface area contributed by atoms with Gasteiger partial charge in [0.1, 0.15) is 9.28 Å². The van der Waals surface area contributed by atoms with Crippen LogP contribution in [0.2, 0.25) is 0 Å². The Balaban J connectivity index is 1.06. The third kappa shape index (κ3) is 6.14. The van der Waals surface area contributed by atoms with Crippen LogP contribution in [0, 0.1) is 9.28 Å². The molecule has 3 nitrogen and oxygen atoms in total. The number of rotatable bonds is 12. The average Bonchev–Trinajstić information content (AvgIpc) is 3.23. The molecule has 1 unspecified atom stereocenters. The molecular formula is C29H40N2OS6. The van der Waals surface area contributed by atoms with Crippen molar-refractivity contribution in [1.82, 2.24) is 9.13 Å². The second kappa shape index (κ2) is 12.1. The molecule has 0 radical (unpaired) electrons. The topological polar surface area (TPSA) is 30.1 Å². The summed E-state index contributed by atoms with van der Waals surface area (Å²) in [6, 6.07) is 4.36. The molecule has 3 aliphatic rings. The minimum absolute atomic E-state index is 0.0801. The fourth-order valence-corrected chi connectivity index (χ4v) is 10.9. The number of hydrogen-bond acceptors (Lipinski definition) is 7. The van der Waals surface area contributed by atoms with Crippen molar-refractivity contribution in [2.45, 2.75) is 128 Å². The number of fused-ring (bicyclic) bond motifs is 2. The predicted octanol–water partition coefficient (Wildman–Crippen LogP) is 9.03.